The lowest BCUT2D eigenvalue weighted by Gasteiger charge is -2.36. The van der Waals surface area contributed by atoms with Crippen LogP contribution >= 0.6 is 0 Å². The van der Waals surface area contributed by atoms with E-state index in [1.165, 1.54) is 21.3 Å². The third-order valence-corrected chi connectivity index (χ3v) is 8.94. The molecular formula is C33H40O9Si. The van der Waals surface area contributed by atoms with Crippen molar-refractivity contribution in [3.63, 3.8) is 0 Å². The van der Waals surface area contributed by atoms with Gasteiger partial charge in [0.1, 0.15) is 12.3 Å². The molecule has 0 heterocycles. The highest BCUT2D eigenvalue weighted by molar-refractivity contribution is 6.77. The molecule has 0 saturated heterocycles. The summed E-state index contributed by atoms with van der Waals surface area (Å²) in [6.45, 7) is 5.51. The Morgan fingerprint density at radius 1 is 0.558 bits per heavy atom. The number of rotatable bonds is 15. The van der Waals surface area contributed by atoms with Crippen LogP contribution in [0.4, 0.5) is 0 Å². The number of carbonyl (C=O) groups excluding carboxylic acids is 3. The summed E-state index contributed by atoms with van der Waals surface area (Å²) in [5, 5.41) is 0. The second kappa shape index (κ2) is 16.1. The van der Waals surface area contributed by atoms with E-state index >= 15 is 0 Å². The third kappa shape index (κ3) is 9.33. The largest absolute Gasteiger partial charge is 0.460 e. The molecule has 0 bridgehead atoms. The van der Waals surface area contributed by atoms with Crippen LogP contribution in [0.15, 0.2) is 91.0 Å². The van der Waals surface area contributed by atoms with Crippen molar-refractivity contribution in [2.75, 3.05) is 27.9 Å². The second-order valence-corrected chi connectivity index (χ2v) is 16.2. The van der Waals surface area contributed by atoms with Gasteiger partial charge in [0.15, 0.2) is 24.4 Å². The Morgan fingerprint density at radius 3 is 1.26 bits per heavy atom. The summed E-state index contributed by atoms with van der Waals surface area (Å²) >= 11 is 0. The molecule has 9 nitrogen and oxygen atoms in total. The van der Waals surface area contributed by atoms with Gasteiger partial charge >= 0.3 is 17.9 Å². The topological polar surface area (TPSA) is 107 Å². The number of hydrogen-bond acceptors (Lipinski definition) is 9. The maximum absolute atomic E-state index is 13.5. The Labute approximate surface area is 254 Å². The van der Waals surface area contributed by atoms with Gasteiger partial charge in [-0.2, -0.15) is 0 Å². The average Bonchev–Trinajstić information content (AvgIpc) is 3.00. The Hall–Kier alpha value is -3.83. The van der Waals surface area contributed by atoms with E-state index in [9.17, 15) is 14.4 Å². The van der Waals surface area contributed by atoms with Crippen molar-refractivity contribution in [3.8, 4) is 0 Å². The minimum Gasteiger partial charge on any atom is -0.460 e. The van der Waals surface area contributed by atoms with Crippen molar-refractivity contribution in [1.29, 1.82) is 0 Å². The van der Waals surface area contributed by atoms with Gasteiger partial charge in [0.2, 0.25) is 0 Å². The van der Waals surface area contributed by atoms with E-state index in [0.717, 1.165) is 0 Å². The van der Waals surface area contributed by atoms with Crippen LogP contribution in [0, 0.1) is 0 Å². The molecule has 0 aliphatic carbocycles. The van der Waals surface area contributed by atoms with Gasteiger partial charge in [-0.05, 0) is 16.7 Å². The molecule has 0 unspecified atom stereocenters. The van der Waals surface area contributed by atoms with E-state index in [2.05, 4.69) is 0 Å². The SMILES string of the molecule is CO[C@H](C(=O)OC[C@@H](OC(=O)[C@@H](OC)c1ccccc1)[C@H](OC(=O)[C@@H](OC)c1ccccc1)[Si](C)(C)C)c1ccccc1. The fraction of sp³-hybridized carbons (Fsp3) is 0.364. The molecule has 43 heavy (non-hydrogen) atoms. The van der Waals surface area contributed by atoms with E-state index in [1.807, 2.05) is 37.8 Å². The van der Waals surface area contributed by atoms with Crippen molar-refractivity contribution in [3.05, 3.63) is 108 Å². The molecular weight excluding hydrogens is 568 g/mol. The molecule has 0 aromatic heterocycles. The first-order chi connectivity index (χ1) is 20.6. The molecule has 0 fully saturated rings. The van der Waals surface area contributed by atoms with E-state index < -0.39 is 56.1 Å². The van der Waals surface area contributed by atoms with E-state index in [0.29, 0.717) is 16.7 Å². The zero-order chi connectivity index (χ0) is 31.4. The third-order valence-electron chi connectivity index (χ3n) is 6.75. The van der Waals surface area contributed by atoms with Gasteiger partial charge in [-0.1, -0.05) is 111 Å². The summed E-state index contributed by atoms with van der Waals surface area (Å²) in [6, 6.07) is 26.7. The standard InChI is InChI=1S/C33H40O9Si/c1-37-27(23-16-10-7-11-17-23)30(34)40-22-26(41-31(35)28(38-2)24-18-12-8-13-19-24)33(43(4,5)6)42-32(36)29(39-3)25-20-14-9-15-21-25/h7-21,26-29,33H,22H2,1-6H3/t26-,27+,28+,29+,33-/m1/s1. The van der Waals surface area contributed by atoms with Gasteiger partial charge < -0.3 is 28.4 Å². The fourth-order valence-electron chi connectivity index (χ4n) is 4.62. The summed E-state index contributed by atoms with van der Waals surface area (Å²) in [5.41, 5.74) is 0.883. The number of carbonyl (C=O) groups is 3. The average molecular weight is 609 g/mol. The van der Waals surface area contributed by atoms with E-state index in [-0.39, 0.29) is 6.61 Å². The number of esters is 3. The summed E-state index contributed by atoms with van der Waals surface area (Å²) in [4.78, 5) is 40.2. The summed E-state index contributed by atoms with van der Waals surface area (Å²) < 4.78 is 34.1. The quantitative estimate of drug-likeness (QED) is 0.127. The maximum atomic E-state index is 13.5. The molecule has 0 aliphatic rings. The molecule has 0 aliphatic heterocycles. The second-order valence-electron chi connectivity index (χ2n) is 10.9. The number of benzene rings is 3. The van der Waals surface area contributed by atoms with Crippen molar-refractivity contribution in [1.82, 2.24) is 0 Å². The van der Waals surface area contributed by atoms with Crippen molar-refractivity contribution in [2.45, 2.75) is 49.8 Å². The van der Waals surface area contributed by atoms with Gasteiger partial charge in [0.25, 0.3) is 0 Å². The zero-order valence-electron chi connectivity index (χ0n) is 25.4. The van der Waals surface area contributed by atoms with Crippen LogP contribution in [-0.2, 0) is 42.8 Å². The number of methoxy groups -OCH3 is 3. The van der Waals surface area contributed by atoms with Crippen LogP contribution < -0.4 is 0 Å². The van der Waals surface area contributed by atoms with Crippen LogP contribution in [-0.4, -0.2) is 65.7 Å². The Morgan fingerprint density at radius 2 is 0.907 bits per heavy atom. The highest BCUT2D eigenvalue weighted by Gasteiger charge is 2.43. The number of hydrogen-bond donors (Lipinski definition) is 0. The lowest BCUT2D eigenvalue weighted by Crippen LogP contribution is -2.53. The summed E-state index contributed by atoms with van der Waals surface area (Å²) in [7, 11) is 1.74. The maximum Gasteiger partial charge on any atom is 0.340 e. The Balaban J connectivity index is 1.92. The van der Waals surface area contributed by atoms with Crippen molar-refractivity contribution < 1.29 is 42.8 Å². The smallest absolute Gasteiger partial charge is 0.340 e. The Bertz CT molecular complexity index is 1300. The van der Waals surface area contributed by atoms with Crippen LogP contribution in [0.2, 0.25) is 19.6 Å². The first-order valence-electron chi connectivity index (χ1n) is 13.9. The molecule has 0 amide bonds. The lowest BCUT2D eigenvalue weighted by atomic mass is 10.1. The van der Waals surface area contributed by atoms with Gasteiger partial charge in [-0.3, -0.25) is 0 Å². The first kappa shape index (κ1) is 33.7. The summed E-state index contributed by atoms with van der Waals surface area (Å²) in [5.74, 6) is -2.05. The van der Waals surface area contributed by atoms with E-state index in [1.54, 1.807) is 72.8 Å². The predicted octanol–water partition coefficient (Wildman–Crippen LogP) is 5.39. The Kier molecular flexibility index (Phi) is 12.6. The van der Waals surface area contributed by atoms with Gasteiger partial charge in [-0.15, -0.1) is 0 Å². The lowest BCUT2D eigenvalue weighted by molar-refractivity contribution is -0.183. The fourth-order valence-corrected chi connectivity index (χ4v) is 6.37. The molecule has 3 aromatic rings. The van der Waals surface area contributed by atoms with Crippen LogP contribution in [0.5, 0.6) is 0 Å². The van der Waals surface area contributed by atoms with Gasteiger partial charge in [-0.25, -0.2) is 14.4 Å². The minimum absolute atomic E-state index is 0.381. The predicted molar refractivity (Wildman–Crippen MR) is 163 cm³/mol. The molecule has 10 heteroatoms. The van der Waals surface area contributed by atoms with Gasteiger partial charge in [0.05, 0.1) is 8.07 Å². The highest BCUT2D eigenvalue weighted by atomic mass is 28.3. The van der Waals surface area contributed by atoms with Crippen LogP contribution in [0.1, 0.15) is 35.0 Å². The molecule has 230 valence electrons. The first-order valence-corrected chi connectivity index (χ1v) is 17.5. The monoisotopic (exact) mass is 608 g/mol. The molecule has 0 radical (unpaired) electrons. The normalized spacial score (nSPS) is 14.9. The molecule has 5 atom stereocenters. The van der Waals surface area contributed by atoms with Crippen molar-refractivity contribution >= 4 is 26.0 Å². The molecule has 3 aromatic carbocycles. The molecule has 0 N–H and O–H groups in total. The van der Waals surface area contributed by atoms with Crippen LogP contribution in [0.25, 0.3) is 0 Å². The molecule has 3 rings (SSSR count). The number of ether oxygens (including phenoxy) is 6. The zero-order valence-corrected chi connectivity index (χ0v) is 26.4. The van der Waals surface area contributed by atoms with Crippen LogP contribution in [0.3, 0.4) is 0 Å². The van der Waals surface area contributed by atoms with Gasteiger partial charge in [0, 0.05) is 21.3 Å². The molecule has 0 spiro atoms. The van der Waals surface area contributed by atoms with Crippen molar-refractivity contribution in [2.24, 2.45) is 0 Å². The van der Waals surface area contributed by atoms with E-state index in [4.69, 9.17) is 28.4 Å². The minimum atomic E-state index is -2.47. The highest BCUT2D eigenvalue weighted by Crippen LogP contribution is 2.27. The molecule has 0 saturated carbocycles. The summed E-state index contributed by atoms with van der Waals surface area (Å²) in [6.07, 6.45) is -4.21.